The Kier molecular flexibility index (Phi) is 2.38. The Morgan fingerprint density at radius 1 is 1.33 bits per heavy atom. The summed E-state index contributed by atoms with van der Waals surface area (Å²) in [5, 5.41) is 0. The Hall–Kier alpha value is -1.45. The average Bonchev–Trinajstić information content (AvgIpc) is 2.03. The maximum absolute atomic E-state index is 12.7. The number of ether oxygens (including phenoxy) is 1. The zero-order valence-electron chi connectivity index (χ0n) is 6.23. The number of carbonyl (C=O) groups excluding carboxylic acids is 1. The zero-order chi connectivity index (χ0) is 9.14. The maximum Gasteiger partial charge on any atom is 0.239 e. The summed E-state index contributed by atoms with van der Waals surface area (Å²) in [6.45, 7) is 0. The molecule has 4 heteroatoms. The highest BCUT2D eigenvalue weighted by molar-refractivity contribution is 5.76. The summed E-state index contributed by atoms with van der Waals surface area (Å²) in [5.74, 6) is -1.91. The number of halogens is 2. The maximum atomic E-state index is 12.7. The lowest BCUT2D eigenvalue weighted by Crippen LogP contribution is -1.95. The molecule has 0 fully saturated rings. The molecule has 0 heterocycles. The molecule has 0 saturated carbocycles. The van der Waals surface area contributed by atoms with Gasteiger partial charge in [-0.05, 0) is 0 Å². The second kappa shape index (κ2) is 3.30. The van der Waals surface area contributed by atoms with Crippen molar-refractivity contribution in [2.45, 2.75) is 0 Å². The SMILES string of the molecule is COc1cc(F)c([C]=O)c(F)c1. The molecule has 2 nitrogen and oxygen atoms in total. The molecule has 1 aromatic rings. The highest BCUT2D eigenvalue weighted by Gasteiger charge is 2.10. The smallest absolute Gasteiger partial charge is 0.239 e. The first-order valence-corrected chi connectivity index (χ1v) is 3.10. The molecular formula is C8H5F2O2. The fourth-order valence-corrected chi connectivity index (χ4v) is 0.765. The molecular weight excluding hydrogens is 166 g/mol. The minimum Gasteiger partial charge on any atom is -0.497 e. The van der Waals surface area contributed by atoms with E-state index in [1.807, 2.05) is 0 Å². The zero-order valence-corrected chi connectivity index (χ0v) is 6.23. The van der Waals surface area contributed by atoms with E-state index in [9.17, 15) is 13.6 Å². The van der Waals surface area contributed by atoms with E-state index in [2.05, 4.69) is 4.74 Å². The lowest BCUT2D eigenvalue weighted by atomic mass is 10.2. The van der Waals surface area contributed by atoms with Crippen molar-refractivity contribution in [1.29, 1.82) is 0 Å². The monoisotopic (exact) mass is 171 g/mol. The number of methoxy groups -OCH3 is 1. The van der Waals surface area contributed by atoms with Crippen molar-refractivity contribution in [3.63, 3.8) is 0 Å². The summed E-state index contributed by atoms with van der Waals surface area (Å²) in [5.41, 5.74) is -0.698. The van der Waals surface area contributed by atoms with Gasteiger partial charge in [0.25, 0.3) is 0 Å². The fourth-order valence-electron chi connectivity index (χ4n) is 0.765. The third-order valence-electron chi connectivity index (χ3n) is 1.35. The van der Waals surface area contributed by atoms with E-state index in [4.69, 9.17) is 0 Å². The first-order valence-electron chi connectivity index (χ1n) is 3.10. The molecule has 0 amide bonds. The van der Waals surface area contributed by atoms with Crippen LogP contribution in [0.4, 0.5) is 8.78 Å². The lowest BCUT2D eigenvalue weighted by molar-refractivity contribution is 0.406. The fraction of sp³-hybridized carbons (Fsp3) is 0.125. The van der Waals surface area contributed by atoms with Crippen LogP contribution >= 0.6 is 0 Å². The predicted molar refractivity (Wildman–Crippen MR) is 37.7 cm³/mol. The Morgan fingerprint density at radius 2 is 1.83 bits per heavy atom. The van der Waals surface area contributed by atoms with Gasteiger partial charge in [0.2, 0.25) is 6.29 Å². The van der Waals surface area contributed by atoms with Crippen molar-refractivity contribution in [1.82, 2.24) is 0 Å². The van der Waals surface area contributed by atoms with E-state index in [0.29, 0.717) is 0 Å². The second-order valence-electron chi connectivity index (χ2n) is 2.07. The van der Waals surface area contributed by atoms with Crippen molar-refractivity contribution < 1.29 is 18.3 Å². The summed E-state index contributed by atoms with van der Waals surface area (Å²) >= 11 is 0. The molecule has 0 spiro atoms. The van der Waals surface area contributed by atoms with Crippen LogP contribution in [-0.2, 0) is 4.79 Å². The van der Waals surface area contributed by atoms with Crippen LogP contribution in [0.5, 0.6) is 5.75 Å². The van der Waals surface area contributed by atoms with Gasteiger partial charge in [0.15, 0.2) is 0 Å². The molecule has 0 bridgehead atoms. The predicted octanol–water partition coefficient (Wildman–Crippen LogP) is 1.43. The molecule has 0 aliphatic rings. The molecule has 0 unspecified atom stereocenters. The Labute approximate surface area is 67.8 Å². The normalized spacial score (nSPS) is 9.58. The number of hydrogen-bond acceptors (Lipinski definition) is 2. The van der Waals surface area contributed by atoms with E-state index in [-0.39, 0.29) is 5.75 Å². The molecule has 0 aliphatic carbocycles. The van der Waals surface area contributed by atoms with E-state index in [0.717, 1.165) is 18.4 Å². The topological polar surface area (TPSA) is 26.3 Å². The first kappa shape index (κ1) is 8.64. The van der Waals surface area contributed by atoms with Gasteiger partial charge < -0.3 is 4.74 Å². The van der Waals surface area contributed by atoms with Crippen molar-refractivity contribution >= 4 is 6.29 Å². The molecule has 63 valence electrons. The van der Waals surface area contributed by atoms with Crippen LogP contribution in [-0.4, -0.2) is 13.4 Å². The molecule has 0 aliphatic heterocycles. The summed E-state index contributed by atoms with van der Waals surface area (Å²) in [6, 6.07) is 1.84. The van der Waals surface area contributed by atoms with Gasteiger partial charge in [-0.1, -0.05) is 0 Å². The minimum atomic E-state index is -0.971. The molecule has 0 saturated heterocycles. The van der Waals surface area contributed by atoms with Crippen molar-refractivity contribution in [2.75, 3.05) is 7.11 Å². The Morgan fingerprint density at radius 3 is 2.17 bits per heavy atom. The van der Waals surface area contributed by atoms with Gasteiger partial charge in [0.05, 0.1) is 12.7 Å². The van der Waals surface area contributed by atoms with Crippen LogP contribution in [0.1, 0.15) is 5.56 Å². The van der Waals surface area contributed by atoms with Crippen LogP contribution < -0.4 is 4.74 Å². The van der Waals surface area contributed by atoms with Crippen molar-refractivity contribution in [3.8, 4) is 5.75 Å². The van der Waals surface area contributed by atoms with Crippen LogP contribution in [0.3, 0.4) is 0 Å². The quantitative estimate of drug-likeness (QED) is 0.672. The molecule has 1 rings (SSSR count). The van der Waals surface area contributed by atoms with Crippen LogP contribution in [0.2, 0.25) is 0 Å². The van der Waals surface area contributed by atoms with Gasteiger partial charge in [-0.3, -0.25) is 4.79 Å². The number of rotatable bonds is 2. The van der Waals surface area contributed by atoms with Gasteiger partial charge in [0.1, 0.15) is 17.4 Å². The van der Waals surface area contributed by atoms with E-state index in [1.165, 1.54) is 7.11 Å². The lowest BCUT2D eigenvalue weighted by Gasteiger charge is -2.01. The Balaban J connectivity index is 3.27. The largest absolute Gasteiger partial charge is 0.497 e. The summed E-state index contributed by atoms with van der Waals surface area (Å²) in [6.07, 6.45) is 1.16. The van der Waals surface area contributed by atoms with Gasteiger partial charge >= 0.3 is 0 Å². The van der Waals surface area contributed by atoms with Gasteiger partial charge in [0, 0.05) is 12.1 Å². The highest BCUT2D eigenvalue weighted by Crippen LogP contribution is 2.18. The van der Waals surface area contributed by atoms with Crippen LogP contribution in [0, 0.1) is 11.6 Å². The van der Waals surface area contributed by atoms with Crippen molar-refractivity contribution in [3.05, 3.63) is 29.3 Å². The summed E-state index contributed by atoms with van der Waals surface area (Å²) < 4.78 is 30.0. The van der Waals surface area contributed by atoms with E-state index in [1.54, 1.807) is 0 Å². The Bertz CT molecular complexity index is 287. The molecule has 0 atom stereocenters. The molecule has 12 heavy (non-hydrogen) atoms. The van der Waals surface area contributed by atoms with Crippen LogP contribution in [0.25, 0.3) is 0 Å². The molecule has 1 aromatic carbocycles. The molecule has 0 aromatic heterocycles. The highest BCUT2D eigenvalue weighted by atomic mass is 19.1. The van der Waals surface area contributed by atoms with Gasteiger partial charge in [-0.25, -0.2) is 8.78 Å². The number of hydrogen-bond donors (Lipinski definition) is 0. The van der Waals surface area contributed by atoms with Crippen molar-refractivity contribution in [2.24, 2.45) is 0 Å². The number of benzene rings is 1. The average molecular weight is 171 g/mol. The minimum absolute atomic E-state index is 0.0315. The second-order valence-corrected chi connectivity index (χ2v) is 2.07. The van der Waals surface area contributed by atoms with E-state index >= 15 is 0 Å². The van der Waals surface area contributed by atoms with Crippen LogP contribution in [0.15, 0.2) is 12.1 Å². The third kappa shape index (κ3) is 1.42. The van der Waals surface area contributed by atoms with Gasteiger partial charge in [-0.15, -0.1) is 0 Å². The molecule has 1 radical (unpaired) electrons. The molecule has 0 N–H and O–H groups in total. The third-order valence-corrected chi connectivity index (χ3v) is 1.35. The van der Waals surface area contributed by atoms with Gasteiger partial charge in [-0.2, -0.15) is 0 Å². The summed E-state index contributed by atoms with van der Waals surface area (Å²) in [7, 11) is 1.28. The standard InChI is InChI=1S/C8H5F2O2/c1-12-5-2-7(9)6(4-11)8(10)3-5/h2-3H,1H3. The first-order chi connectivity index (χ1) is 5.69. The summed E-state index contributed by atoms with van der Waals surface area (Å²) in [4.78, 5) is 10.0. The van der Waals surface area contributed by atoms with E-state index < -0.39 is 17.2 Å².